The maximum Gasteiger partial charge on any atom is 0.326 e. The predicted octanol–water partition coefficient (Wildman–Crippen LogP) is 4.92. The van der Waals surface area contributed by atoms with Crippen LogP contribution in [0.2, 0.25) is 5.02 Å². The molecular weight excluding hydrogens is 794 g/mol. The van der Waals surface area contributed by atoms with Gasteiger partial charge in [-0.1, -0.05) is 54.1 Å². The van der Waals surface area contributed by atoms with Crippen molar-refractivity contribution in [3.05, 3.63) is 117 Å². The molecule has 8 N–H and O–H groups in total. The van der Waals surface area contributed by atoms with Gasteiger partial charge in [0.25, 0.3) is 5.91 Å². The summed E-state index contributed by atoms with van der Waals surface area (Å²) in [4.78, 5) is 68.1. The van der Waals surface area contributed by atoms with Crippen LogP contribution < -0.4 is 21.7 Å². The Bertz CT molecular complexity index is 1980. The summed E-state index contributed by atoms with van der Waals surface area (Å²) in [6, 6.07) is 19.1. The third-order valence-electron chi connectivity index (χ3n) is 8.89. The number of halogens is 2. The molecule has 0 heterocycles. The van der Waals surface area contributed by atoms with Gasteiger partial charge in [-0.3, -0.25) is 19.2 Å². The van der Waals surface area contributed by atoms with Crippen LogP contribution in [0.1, 0.15) is 53.7 Å². The van der Waals surface area contributed by atoms with Gasteiger partial charge in [-0.05, 0) is 119 Å². The Balaban J connectivity index is 1.52. The van der Waals surface area contributed by atoms with Crippen LogP contribution in [0.25, 0.3) is 11.1 Å². The predicted molar refractivity (Wildman–Crippen MR) is 211 cm³/mol. The van der Waals surface area contributed by atoms with E-state index in [0.717, 1.165) is 16.0 Å². The molecule has 55 heavy (non-hydrogen) atoms. The van der Waals surface area contributed by atoms with Crippen LogP contribution in [-0.4, -0.2) is 81.5 Å². The van der Waals surface area contributed by atoms with Crippen molar-refractivity contribution < 1.29 is 39.3 Å². The number of phenolic OH excluding ortho intramolecular Hbond substituents is 2. The summed E-state index contributed by atoms with van der Waals surface area (Å²) in [5.41, 5.74) is 8.60. The minimum atomic E-state index is -1.37. The van der Waals surface area contributed by atoms with Gasteiger partial charge in [0, 0.05) is 24.1 Å². The van der Waals surface area contributed by atoms with Gasteiger partial charge >= 0.3 is 5.97 Å². The number of amides is 4. The first kappa shape index (κ1) is 42.3. The van der Waals surface area contributed by atoms with Crippen molar-refractivity contribution in [1.29, 1.82) is 0 Å². The zero-order valence-corrected chi connectivity index (χ0v) is 32.5. The van der Waals surface area contributed by atoms with Crippen molar-refractivity contribution >= 4 is 57.1 Å². The molecule has 0 bridgehead atoms. The minimum absolute atomic E-state index is 0.0348. The Hall–Kier alpha value is -5.44. The van der Waals surface area contributed by atoms with Crippen LogP contribution in [0.15, 0.2) is 95.5 Å². The molecule has 4 atom stereocenters. The molecule has 0 unspecified atom stereocenters. The smallest absolute Gasteiger partial charge is 0.326 e. The molecule has 0 saturated heterocycles. The van der Waals surface area contributed by atoms with E-state index in [2.05, 4.69) is 31.9 Å². The molecule has 0 saturated carbocycles. The first-order chi connectivity index (χ1) is 26.2. The third kappa shape index (κ3) is 11.8. The van der Waals surface area contributed by atoms with E-state index in [9.17, 15) is 39.3 Å². The number of benzene rings is 4. The van der Waals surface area contributed by atoms with Gasteiger partial charge in [-0.15, -0.1) is 0 Å². The first-order valence-electron chi connectivity index (χ1n) is 17.4. The zero-order valence-electron chi connectivity index (χ0n) is 30.2. The van der Waals surface area contributed by atoms with Gasteiger partial charge < -0.3 is 41.9 Å². The summed E-state index contributed by atoms with van der Waals surface area (Å²) in [5.74, 6) is -4.12. The number of hydrogen-bond donors (Lipinski definition) is 7. The fraction of sp³-hybridized carbons (Fsp3) is 0.275. The number of nitrogens with zero attached hydrogens (tertiary/aromatic N) is 1. The van der Waals surface area contributed by atoms with E-state index in [1.54, 1.807) is 36.4 Å². The Labute approximate surface area is 332 Å². The van der Waals surface area contributed by atoms with Crippen molar-refractivity contribution in [2.24, 2.45) is 5.73 Å². The molecule has 0 aliphatic heterocycles. The number of aliphatic carboxylic acids is 1. The molecule has 0 radical (unpaired) electrons. The molecule has 0 spiro atoms. The number of nitrogens with two attached hydrogens (primary N) is 1. The molecule has 4 amide bonds. The topological polar surface area (TPSA) is 211 Å². The Morgan fingerprint density at radius 1 is 0.800 bits per heavy atom. The monoisotopic (exact) mass is 835 g/mol. The summed E-state index contributed by atoms with van der Waals surface area (Å²) in [6.45, 7) is 1.73. The van der Waals surface area contributed by atoms with E-state index in [1.807, 2.05) is 12.1 Å². The fourth-order valence-corrected chi connectivity index (χ4v) is 6.35. The van der Waals surface area contributed by atoms with Crippen molar-refractivity contribution in [3.8, 4) is 22.6 Å². The lowest BCUT2D eigenvalue weighted by Crippen LogP contribution is -2.54. The van der Waals surface area contributed by atoms with Gasteiger partial charge in [-0.2, -0.15) is 0 Å². The third-order valence-corrected chi connectivity index (χ3v) is 9.77. The quantitative estimate of drug-likeness (QED) is 0.0719. The van der Waals surface area contributed by atoms with E-state index in [0.29, 0.717) is 45.6 Å². The highest BCUT2D eigenvalue weighted by Gasteiger charge is 2.35. The highest BCUT2D eigenvalue weighted by molar-refractivity contribution is 9.10. The van der Waals surface area contributed by atoms with Crippen molar-refractivity contribution in [3.63, 3.8) is 0 Å². The maximum atomic E-state index is 14.2. The number of nitrogens with one attached hydrogen (secondary N) is 3. The molecule has 290 valence electrons. The van der Waals surface area contributed by atoms with Gasteiger partial charge in [0.1, 0.15) is 35.7 Å². The molecule has 0 aliphatic carbocycles. The summed E-state index contributed by atoms with van der Waals surface area (Å²) in [5, 5.41) is 38.0. The Morgan fingerprint density at radius 3 is 2.00 bits per heavy atom. The molecular formula is C40H43BrClN5O8. The number of phenols is 2. The average Bonchev–Trinajstić information content (AvgIpc) is 3.16. The van der Waals surface area contributed by atoms with E-state index in [1.165, 1.54) is 56.4 Å². The number of carbonyl (C=O) groups excluding carboxylic acids is 4. The van der Waals surface area contributed by atoms with E-state index in [-0.39, 0.29) is 24.3 Å². The number of carboxylic acid groups (broad SMARTS) is 1. The van der Waals surface area contributed by atoms with Crippen LogP contribution in [0, 0.1) is 0 Å². The molecule has 4 aromatic carbocycles. The Kier molecular flexibility index (Phi) is 15.2. The summed E-state index contributed by atoms with van der Waals surface area (Å²) < 4.78 is 0.352. The lowest BCUT2D eigenvalue weighted by atomic mass is 10.0. The summed E-state index contributed by atoms with van der Waals surface area (Å²) >= 11 is 9.20. The second kappa shape index (κ2) is 19.8. The summed E-state index contributed by atoms with van der Waals surface area (Å²) in [7, 11) is 1.39. The van der Waals surface area contributed by atoms with E-state index >= 15 is 0 Å². The van der Waals surface area contributed by atoms with E-state index in [4.69, 9.17) is 17.3 Å². The van der Waals surface area contributed by atoms with Crippen LogP contribution in [0.4, 0.5) is 0 Å². The molecule has 13 nitrogen and oxygen atoms in total. The lowest BCUT2D eigenvalue weighted by Gasteiger charge is -2.32. The number of carbonyl (C=O) groups is 5. The second-order valence-corrected chi connectivity index (χ2v) is 14.2. The number of hydrogen-bond acceptors (Lipinski definition) is 8. The van der Waals surface area contributed by atoms with E-state index < -0.39 is 53.8 Å². The SMILES string of the molecule is C[C@H](NC(=O)[C@H](c1ccc(O)cc1)N(C)C(=O)[C@H](CCCCN)NC(=O)c1ccc(-c2ccc(Cl)cc2)cc1)C(=O)N[C@@H](Cc1ccc(O)c(Br)c1)C(=O)O. The normalized spacial score (nSPS) is 13.1. The van der Waals surface area contributed by atoms with Gasteiger partial charge in [-0.25, -0.2) is 4.79 Å². The van der Waals surface area contributed by atoms with Crippen LogP contribution >= 0.6 is 27.5 Å². The molecule has 15 heteroatoms. The molecule has 4 aromatic rings. The van der Waals surface area contributed by atoms with Gasteiger partial charge in [0.15, 0.2) is 0 Å². The van der Waals surface area contributed by atoms with Crippen LogP contribution in [0.5, 0.6) is 11.5 Å². The van der Waals surface area contributed by atoms with Crippen molar-refractivity contribution in [1.82, 2.24) is 20.9 Å². The van der Waals surface area contributed by atoms with Crippen LogP contribution in [0.3, 0.4) is 0 Å². The minimum Gasteiger partial charge on any atom is -0.508 e. The standard InChI is InChI=1S/C40H43BrClN5O8/c1-23(36(50)46-33(40(54)55)22-24-6-19-34(49)31(41)21-24)44-38(52)35(27-13-17-30(48)18-14-27)47(2)39(53)32(5-3-4-20-43)45-37(51)28-9-7-25(8-10-28)26-11-15-29(42)16-12-26/h6-19,21,23,32-33,35,48-49H,3-5,20,22,43H2,1-2H3,(H,44,52)(H,45,51)(H,46,50)(H,54,55)/t23-,32-,33-,35-/m0/s1. The van der Waals surface area contributed by atoms with Gasteiger partial charge in [0.05, 0.1) is 4.47 Å². The largest absolute Gasteiger partial charge is 0.508 e. The van der Waals surface area contributed by atoms with Gasteiger partial charge in [0.2, 0.25) is 17.7 Å². The number of likely N-dealkylation sites (N-methyl/N-ethyl adjacent to an activating group) is 1. The first-order valence-corrected chi connectivity index (χ1v) is 18.6. The van der Waals surface area contributed by atoms with Crippen LogP contribution in [-0.2, 0) is 25.6 Å². The molecule has 0 aliphatic rings. The number of rotatable bonds is 17. The molecule has 0 aromatic heterocycles. The van der Waals surface area contributed by atoms with Crippen molar-refractivity contribution in [2.45, 2.75) is 56.8 Å². The zero-order chi connectivity index (χ0) is 40.2. The number of carboxylic acids is 1. The average molecular weight is 837 g/mol. The highest BCUT2D eigenvalue weighted by Crippen LogP contribution is 2.26. The molecule has 0 fully saturated rings. The Morgan fingerprint density at radius 2 is 1.42 bits per heavy atom. The second-order valence-electron chi connectivity index (χ2n) is 13.0. The maximum absolute atomic E-state index is 14.2. The number of unbranched alkanes of at least 4 members (excludes halogenated alkanes) is 1. The number of aromatic hydroxyl groups is 2. The van der Waals surface area contributed by atoms with Crippen molar-refractivity contribution in [2.75, 3.05) is 13.6 Å². The highest BCUT2D eigenvalue weighted by atomic mass is 79.9. The fourth-order valence-electron chi connectivity index (χ4n) is 5.80. The lowest BCUT2D eigenvalue weighted by molar-refractivity contribution is -0.143. The molecule has 4 rings (SSSR count). The summed E-state index contributed by atoms with van der Waals surface area (Å²) in [6.07, 6.45) is 1.17.